The highest BCUT2D eigenvalue weighted by Gasteiger charge is 2.15. The molecule has 0 saturated heterocycles. The maximum Gasteiger partial charge on any atom is 0.239 e. The number of nitrogens with zero attached hydrogens (tertiary/aromatic N) is 1. The van der Waals surface area contributed by atoms with E-state index in [0.717, 1.165) is 5.82 Å². The SMILES string of the molecule is C=CCNc1ccc(N)c(OC(C)(C)C)n1. The van der Waals surface area contributed by atoms with E-state index in [0.29, 0.717) is 18.1 Å². The van der Waals surface area contributed by atoms with Gasteiger partial charge in [0.25, 0.3) is 0 Å². The summed E-state index contributed by atoms with van der Waals surface area (Å²) in [5.74, 6) is 1.19. The number of nitrogens with one attached hydrogen (secondary N) is 1. The Hall–Kier alpha value is -1.71. The van der Waals surface area contributed by atoms with E-state index in [1.54, 1.807) is 12.1 Å². The van der Waals surface area contributed by atoms with Crippen molar-refractivity contribution in [3.63, 3.8) is 0 Å². The van der Waals surface area contributed by atoms with Crippen molar-refractivity contribution >= 4 is 11.5 Å². The Kier molecular flexibility index (Phi) is 3.77. The predicted molar refractivity (Wildman–Crippen MR) is 67.7 cm³/mol. The third kappa shape index (κ3) is 3.81. The first kappa shape index (κ1) is 12.4. The minimum atomic E-state index is -0.307. The van der Waals surface area contributed by atoms with Crippen LogP contribution < -0.4 is 15.8 Å². The third-order valence-electron chi connectivity index (χ3n) is 1.72. The Labute approximate surface area is 96.5 Å². The molecule has 0 aliphatic rings. The molecule has 0 radical (unpaired) electrons. The van der Waals surface area contributed by atoms with Crippen molar-refractivity contribution in [1.82, 2.24) is 4.98 Å². The van der Waals surface area contributed by atoms with Gasteiger partial charge in [0, 0.05) is 6.54 Å². The molecule has 0 aliphatic heterocycles. The van der Waals surface area contributed by atoms with Gasteiger partial charge in [0.05, 0.1) is 5.69 Å². The Bertz CT molecular complexity index is 369. The number of pyridine rings is 1. The molecule has 1 aromatic heterocycles. The molecule has 88 valence electrons. The molecule has 0 saturated carbocycles. The zero-order chi connectivity index (χ0) is 12.2. The lowest BCUT2D eigenvalue weighted by Gasteiger charge is -2.21. The van der Waals surface area contributed by atoms with Crippen LogP contribution in [0.2, 0.25) is 0 Å². The molecule has 1 aromatic rings. The summed E-state index contributed by atoms with van der Waals surface area (Å²) in [6, 6.07) is 3.59. The van der Waals surface area contributed by atoms with Gasteiger partial charge in [-0.05, 0) is 32.9 Å². The molecule has 16 heavy (non-hydrogen) atoms. The van der Waals surface area contributed by atoms with Gasteiger partial charge < -0.3 is 15.8 Å². The van der Waals surface area contributed by atoms with Gasteiger partial charge >= 0.3 is 0 Å². The molecule has 0 amide bonds. The summed E-state index contributed by atoms with van der Waals surface area (Å²) in [5, 5.41) is 3.08. The lowest BCUT2D eigenvalue weighted by molar-refractivity contribution is 0.125. The van der Waals surface area contributed by atoms with Crippen LogP contribution in [0.1, 0.15) is 20.8 Å². The Balaban J connectivity index is 2.86. The molecule has 0 spiro atoms. The first-order valence-corrected chi connectivity index (χ1v) is 5.22. The van der Waals surface area contributed by atoms with Gasteiger partial charge in [-0.2, -0.15) is 4.98 Å². The topological polar surface area (TPSA) is 60.2 Å². The van der Waals surface area contributed by atoms with E-state index in [1.165, 1.54) is 0 Å². The highest BCUT2D eigenvalue weighted by molar-refractivity contribution is 5.53. The van der Waals surface area contributed by atoms with Crippen LogP contribution in [0.25, 0.3) is 0 Å². The molecule has 3 N–H and O–H groups in total. The second-order valence-corrected chi connectivity index (χ2v) is 4.47. The largest absolute Gasteiger partial charge is 0.470 e. The summed E-state index contributed by atoms with van der Waals surface area (Å²) in [5.41, 5.74) is 6.02. The average Bonchev–Trinajstić information content (AvgIpc) is 2.17. The van der Waals surface area contributed by atoms with E-state index in [4.69, 9.17) is 10.5 Å². The summed E-state index contributed by atoms with van der Waals surface area (Å²) < 4.78 is 5.65. The van der Waals surface area contributed by atoms with Gasteiger partial charge in [-0.25, -0.2) is 0 Å². The van der Waals surface area contributed by atoms with Crippen molar-refractivity contribution in [3.8, 4) is 5.88 Å². The number of anilines is 2. The fourth-order valence-electron chi connectivity index (χ4n) is 1.10. The molecule has 0 bridgehead atoms. The Morgan fingerprint density at radius 3 is 2.75 bits per heavy atom. The molecule has 1 heterocycles. The summed E-state index contributed by atoms with van der Waals surface area (Å²) in [7, 11) is 0. The van der Waals surface area contributed by atoms with Crippen LogP contribution in [0.3, 0.4) is 0 Å². The van der Waals surface area contributed by atoms with Gasteiger partial charge in [0.1, 0.15) is 11.4 Å². The van der Waals surface area contributed by atoms with Crippen molar-refractivity contribution in [3.05, 3.63) is 24.8 Å². The normalized spacial score (nSPS) is 10.9. The number of hydrogen-bond acceptors (Lipinski definition) is 4. The van der Waals surface area contributed by atoms with Crippen LogP contribution in [0.5, 0.6) is 5.88 Å². The summed E-state index contributed by atoms with van der Waals surface area (Å²) >= 11 is 0. The average molecular weight is 221 g/mol. The van der Waals surface area contributed by atoms with Crippen LogP contribution in [-0.2, 0) is 0 Å². The minimum absolute atomic E-state index is 0.307. The van der Waals surface area contributed by atoms with Gasteiger partial charge in [-0.3, -0.25) is 0 Å². The second kappa shape index (κ2) is 4.88. The lowest BCUT2D eigenvalue weighted by Crippen LogP contribution is -2.24. The van der Waals surface area contributed by atoms with Crippen molar-refractivity contribution in [2.75, 3.05) is 17.6 Å². The van der Waals surface area contributed by atoms with Gasteiger partial charge in [0.2, 0.25) is 5.88 Å². The van der Waals surface area contributed by atoms with Gasteiger partial charge in [-0.1, -0.05) is 6.08 Å². The Morgan fingerprint density at radius 2 is 2.19 bits per heavy atom. The van der Waals surface area contributed by atoms with E-state index in [2.05, 4.69) is 16.9 Å². The first-order chi connectivity index (χ1) is 7.42. The number of nitrogens with two attached hydrogens (primary N) is 1. The number of rotatable bonds is 4. The maximum absolute atomic E-state index is 5.79. The van der Waals surface area contributed by atoms with Crippen LogP contribution in [0, 0.1) is 0 Å². The van der Waals surface area contributed by atoms with Crippen LogP contribution in [0.15, 0.2) is 24.8 Å². The molecule has 4 nitrogen and oxygen atoms in total. The zero-order valence-electron chi connectivity index (χ0n) is 10.1. The second-order valence-electron chi connectivity index (χ2n) is 4.47. The number of hydrogen-bond donors (Lipinski definition) is 2. The van der Waals surface area contributed by atoms with Crippen molar-refractivity contribution in [1.29, 1.82) is 0 Å². The fraction of sp³-hybridized carbons (Fsp3) is 0.417. The predicted octanol–water partition coefficient (Wildman–Crippen LogP) is 2.44. The van der Waals surface area contributed by atoms with Gasteiger partial charge in [-0.15, -0.1) is 6.58 Å². The highest BCUT2D eigenvalue weighted by atomic mass is 16.5. The molecule has 0 atom stereocenters. The summed E-state index contributed by atoms with van der Waals surface area (Å²) in [6.07, 6.45) is 1.77. The molecular formula is C12H19N3O. The van der Waals surface area contributed by atoms with E-state index >= 15 is 0 Å². The Morgan fingerprint density at radius 1 is 1.50 bits per heavy atom. The monoisotopic (exact) mass is 221 g/mol. The van der Waals surface area contributed by atoms with Crippen molar-refractivity contribution in [2.24, 2.45) is 0 Å². The van der Waals surface area contributed by atoms with Crippen LogP contribution in [0.4, 0.5) is 11.5 Å². The van der Waals surface area contributed by atoms with Crippen molar-refractivity contribution in [2.45, 2.75) is 26.4 Å². The summed E-state index contributed by atoms with van der Waals surface area (Å²) in [4.78, 5) is 4.29. The van der Waals surface area contributed by atoms with Crippen LogP contribution in [-0.4, -0.2) is 17.1 Å². The minimum Gasteiger partial charge on any atom is -0.470 e. The molecule has 0 fully saturated rings. The first-order valence-electron chi connectivity index (χ1n) is 5.22. The number of aromatic nitrogens is 1. The molecule has 0 unspecified atom stereocenters. The standard InChI is InChI=1S/C12H19N3O/c1-5-8-14-10-7-6-9(13)11(15-10)16-12(2,3)4/h5-7H,1,8,13H2,2-4H3,(H,14,15). The fourth-order valence-corrected chi connectivity index (χ4v) is 1.10. The molecular weight excluding hydrogens is 202 g/mol. The smallest absolute Gasteiger partial charge is 0.239 e. The van der Waals surface area contributed by atoms with E-state index < -0.39 is 0 Å². The van der Waals surface area contributed by atoms with Crippen molar-refractivity contribution < 1.29 is 4.74 Å². The zero-order valence-corrected chi connectivity index (χ0v) is 10.1. The number of ether oxygens (including phenoxy) is 1. The molecule has 0 aromatic carbocycles. The molecule has 4 heteroatoms. The van der Waals surface area contributed by atoms with Crippen LogP contribution >= 0.6 is 0 Å². The maximum atomic E-state index is 5.79. The summed E-state index contributed by atoms with van der Waals surface area (Å²) in [6.45, 7) is 10.2. The van der Waals surface area contributed by atoms with E-state index in [-0.39, 0.29) is 5.60 Å². The highest BCUT2D eigenvalue weighted by Crippen LogP contribution is 2.24. The third-order valence-corrected chi connectivity index (χ3v) is 1.72. The molecule has 0 aliphatic carbocycles. The number of nitrogen functional groups attached to an aromatic ring is 1. The van der Waals surface area contributed by atoms with E-state index in [9.17, 15) is 0 Å². The van der Waals surface area contributed by atoms with Gasteiger partial charge in [0.15, 0.2) is 0 Å². The van der Waals surface area contributed by atoms with E-state index in [1.807, 2.05) is 26.8 Å². The molecule has 1 rings (SSSR count). The lowest BCUT2D eigenvalue weighted by atomic mass is 10.2. The quantitative estimate of drug-likeness (QED) is 0.767.